The van der Waals surface area contributed by atoms with Crippen molar-refractivity contribution in [1.82, 2.24) is 25.9 Å². The summed E-state index contributed by atoms with van der Waals surface area (Å²) in [5, 5.41) is 31.6. The van der Waals surface area contributed by atoms with E-state index in [0.29, 0.717) is 37.7 Å². The van der Waals surface area contributed by atoms with Crippen molar-refractivity contribution in [2.45, 2.75) is 52.6 Å². The summed E-state index contributed by atoms with van der Waals surface area (Å²) in [6.45, 7) is 13.3. The molecule has 6 N–H and O–H groups in total. The number of nitrogens with one attached hydrogen (secondary N) is 3. The lowest BCUT2D eigenvalue weighted by molar-refractivity contribution is -0.0117. The third-order valence-electron chi connectivity index (χ3n) is 6.81. The van der Waals surface area contributed by atoms with Gasteiger partial charge in [-0.1, -0.05) is 45.0 Å². The first-order valence-electron chi connectivity index (χ1n) is 13.9. The van der Waals surface area contributed by atoms with Crippen LogP contribution in [0.15, 0.2) is 30.0 Å². The Morgan fingerprint density at radius 2 is 2.07 bits per heavy atom. The lowest BCUT2D eigenvalue weighted by Crippen LogP contribution is -2.40. The first kappa shape index (κ1) is 33.2. The van der Waals surface area contributed by atoms with Crippen molar-refractivity contribution in [2.75, 3.05) is 49.9 Å². The van der Waals surface area contributed by atoms with Gasteiger partial charge in [-0.15, -0.1) is 0 Å². The number of nitrogens with zero attached hydrogens (tertiary/aromatic N) is 5. The van der Waals surface area contributed by atoms with Crippen LogP contribution in [0.5, 0.6) is 11.6 Å². The molecular weight excluding hydrogens is 529 g/mol. The van der Waals surface area contributed by atoms with Crippen LogP contribution < -0.4 is 31.5 Å². The Bertz CT molecular complexity index is 1180. The minimum Gasteiger partial charge on any atom is -0.508 e. The number of phenolic OH excluding ortho intramolecular Hbond substituents is 1. The minimum absolute atomic E-state index is 0.0299. The van der Waals surface area contributed by atoms with Crippen LogP contribution in [0.3, 0.4) is 0 Å². The molecule has 224 valence electrons. The number of halogens is 1. The van der Waals surface area contributed by atoms with Crippen molar-refractivity contribution in [3.05, 3.63) is 46.5 Å². The van der Waals surface area contributed by atoms with Crippen LogP contribution in [0.25, 0.3) is 5.70 Å². The number of benzene rings is 1. The molecule has 0 spiro atoms. The number of aromatic nitrogens is 2. The van der Waals surface area contributed by atoms with Gasteiger partial charge < -0.3 is 31.7 Å². The van der Waals surface area contributed by atoms with Gasteiger partial charge in [-0.05, 0) is 37.4 Å². The fourth-order valence-electron chi connectivity index (χ4n) is 4.17. The van der Waals surface area contributed by atoms with E-state index in [1.165, 1.54) is 6.07 Å². The van der Waals surface area contributed by atoms with Crippen molar-refractivity contribution in [2.24, 2.45) is 11.1 Å². The fourth-order valence-corrected chi connectivity index (χ4v) is 4.17. The Hall–Kier alpha value is -4.02. The maximum Gasteiger partial charge on any atom is 0.306 e. The molecule has 0 aliphatic rings. The van der Waals surface area contributed by atoms with E-state index in [1.807, 2.05) is 11.0 Å². The average Bonchev–Trinajstić information content (AvgIpc) is 2.97. The van der Waals surface area contributed by atoms with Gasteiger partial charge in [0, 0.05) is 48.9 Å². The number of phenols is 1. The lowest BCUT2D eigenvalue weighted by atomic mass is 10.1. The molecule has 0 saturated heterocycles. The molecule has 2 atom stereocenters. The highest BCUT2D eigenvalue weighted by Gasteiger charge is 2.23. The quantitative estimate of drug-likeness (QED) is 0.116. The monoisotopic (exact) mass is 571 g/mol. The average molecular weight is 572 g/mol. The van der Waals surface area contributed by atoms with Gasteiger partial charge in [0.1, 0.15) is 11.4 Å². The number of nitriles is 1. The molecule has 0 aliphatic carbocycles. The summed E-state index contributed by atoms with van der Waals surface area (Å²) < 4.78 is 13.7. The second-order valence-corrected chi connectivity index (χ2v) is 9.86. The topological polar surface area (TPSA) is 174 Å². The van der Waals surface area contributed by atoms with Gasteiger partial charge in [0.05, 0.1) is 23.9 Å². The van der Waals surface area contributed by atoms with Crippen LogP contribution in [-0.2, 0) is 6.54 Å². The normalized spacial score (nSPS) is 12.3. The number of aromatic hydroxyl groups is 1. The maximum atomic E-state index is 13.7. The smallest absolute Gasteiger partial charge is 0.306 e. The minimum atomic E-state index is -0.309. The standard InChI is InChI=1S/C28H42FN9O3/c1-5-19(3)18-38(27-28(41-29)36-25(26(31)37-27)20(4)33-11-12-35-40)14-13-34-23(6-2)9-10-32-17-22-8-7-21(16-30)15-24(22)39/h7-8,15,19,23,32-34,39H,4-6,9-14,17-18H2,1-3H3,(H2,31,37). The van der Waals surface area contributed by atoms with Gasteiger partial charge >= 0.3 is 5.88 Å². The number of anilines is 2. The highest BCUT2D eigenvalue weighted by molar-refractivity contribution is 5.70. The molecular formula is C28H42FN9O3. The van der Waals surface area contributed by atoms with Crippen LogP contribution in [0, 0.1) is 22.2 Å². The molecule has 41 heavy (non-hydrogen) atoms. The van der Waals surface area contributed by atoms with Crippen molar-refractivity contribution in [3.8, 4) is 17.7 Å². The SMILES string of the molecule is C=C(NCCN=O)c1nc(OF)c(N(CCNC(CC)CCNCc2ccc(C#N)cc2O)CC(C)CC)nc1N. The second kappa shape index (κ2) is 17.6. The van der Waals surface area contributed by atoms with E-state index in [0.717, 1.165) is 31.4 Å². The Morgan fingerprint density at radius 3 is 2.71 bits per heavy atom. The summed E-state index contributed by atoms with van der Waals surface area (Å²) in [6, 6.07) is 7.14. The van der Waals surface area contributed by atoms with E-state index in [1.54, 1.807) is 12.1 Å². The van der Waals surface area contributed by atoms with Crippen LogP contribution >= 0.6 is 0 Å². The Morgan fingerprint density at radius 1 is 1.29 bits per heavy atom. The zero-order valence-corrected chi connectivity index (χ0v) is 24.1. The zero-order chi connectivity index (χ0) is 30.2. The summed E-state index contributed by atoms with van der Waals surface area (Å²) in [7, 11) is 0. The molecule has 1 heterocycles. The molecule has 1 aromatic carbocycles. The molecule has 0 aliphatic heterocycles. The molecule has 0 amide bonds. The van der Waals surface area contributed by atoms with Crippen LogP contribution in [0.4, 0.5) is 16.2 Å². The zero-order valence-electron chi connectivity index (χ0n) is 24.1. The van der Waals surface area contributed by atoms with E-state index in [9.17, 15) is 14.5 Å². The molecule has 2 aromatic rings. The molecule has 0 saturated carbocycles. The van der Waals surface area contributed by atoms with Gasteiger partial charge in [-0.25, -0.2) is 9.97 Å². The van der Waals surface area contributed by atoms with Crippen molar-refractivity contribution in [1.29, 1.82) is 5.26 Å². The summed E-state index contributed by atoms with van der Waals surface area (Å²) in [6.07, 6.45) is 2.68. The lowest BCUT2D eigenvalue weighted by Gasteiger charge is -2.28. The first-order valence-corrected chi connectivity index (χ1v) is 13.9. The Labute approximate surface area is 241 Å². The Balaban J connectivity index is 2.01. The largest absolute Gasteiger partial charge is 0.508 e. The highest BCUT2D eigenvalue weighted by atomic mass is 19.3. The molecule has 0 fully saturated rings. The third kappa shape index (κ3) is 10.5. The van der Waals surface area contributed by atoms with E-state index >= 15 is 0 Å². The number of nitrogen functional groups attached to an aromatic ring is 1. The second-order valence-electron chi connectivity index (χ2n) is 9.86. The molecule has 12 nitrogen and oxygen atoms in total. The fraction of sp³-hybridized carbons (Fsp3) is 0.536. The molecule has 0 bridgehead atoms. The van der Waals surface area contributed by atoms with E-state index < -0.39 is 0 Å². The van der Waals surface area contributed by atoms with Gasteiger partial charge in [-0.3, -0.25) is 4.94 Å². The van der Waals surface area contributed by atoms with Crippen LogP contribution in [-0.4, -0.2) is 60.4 Å². The van der Waals surface area contributed by atoms with Gasteiger partial charge in [0.2, 0.25) is 0 Å². The van der Waals surface area contributed by atoms with Gasteiger partial charge in [0.25, 0.3) is 0 Å². The molecule has 0 radical (unpaired) electrons. The van der Waals surface area contributed by atoms with Gasteiger partial charge in [-0.2, -0.15) is 10.2 Å². The summed E-state index contributed by atoms with van der Waals surface area (Å²) in [5.74, 6) is 0.353. The Kier molecular flexibility index (Phi) is 14.3. The summed E-state index contributed by atoms with van der Waals surface area (Å²) in [4.78, 5) is 25.0. The van der Waals surface area contributed by atoms with Crippen LogP contribution in [0.2, 0.25) is 0 Å². The highest BCUT2D eigenvalue weighted by Crippen LogP contribution is 2.30. The van der Waals surface area contributed by atoms with E-state index in [2.05, 4.69) is 63.4 Å². The first-order chi connectivity index (χ1) is 19.8. The number of nitroso groups, excluding NO2 is 1. The van der Waals surface area contributed by atoms with Crippen LogP contribution in [0.1, 0.15) is 56.9 Å². The van der Waals surface area contributed by atoms with Crippen molar-refractivity contribution in [3.63, 3.8) is 0 Å². The van der Waals surface area contributed by atoms with Crippen molar-refractivity contribution >= 4 is 17.3 Å². The third-order valence-corrected chi connectivity index (χ3v) is 6.81. The van der Waals surface area contributed by atoms with Crippen molar-refractivity contribution < 1.29 is 14.6 Å². The number of rotatable bonds is 20. The molecule has 2 unspecified atom stereocenters. The molecule has 13 heteroatoms. The predicted molar refractivity (Wildman–Crippen MR) is 159 cm³/mol. The van der Waals surface area contributed by atoms with E-state index in [-0.39, 0.29) is 53.8 Å². The molecule has 2 rings (SSSR count). The van der Waals surface area contributed by atoms with E-state index in [4.69, 9.17) is 11.0 Å². The maximum absolute atomic E-state index is 13.7. The van der Waals surface area contributed by atoms with Gasteiger partial charge in [0.15, 0.2) is 11.6 Å². The number of hydrogen-bond acceptors (Lipinski definition) is 12. The molecule has 1 aromatic heterocycles. The number of hydrogen-bond donors (Lipinski definition) is 5. The summed E-state index contributed by atoms with van der Waals surface area (Å²) in [5.41, 5.74) is 7.75. The summed E-state index contributed by atoms with van der Waals surface area (Å²) >= 11 is 0. The predicted octanol–water partition coefficient (Wildman–Crippen LogP) is 3.63. The number of nitrogens with two attached hydrogens (primary N) is 1.